The van der Waals surface area contributed by atoms with Crippen LogP contribution in [-0.2, 0) is 0 Å². The first-order valence-corrected chi connectivity index (χ1v) is 3.90. The average molecular weight is 164 g/mol. The van der Waals surface area contributed by atoms with Crippen molar-refractivity contribution >= 4 is 5.78 Å². The second-order valence-electron chi connectivity index (χ2n) is 2.91. The zero-order valence-corrected chi connectivity index (χ0v) is 7.24. The molecule has 0 aliphatic carbocycles. The van der Waals surface area contributed by atoms with Crippen LogP contribution in [0.3, 0.4) is 0 Å². The first-order chi connectivity index (χ1) is 5.61. The molecule has 0 aliphatic rings. The number of aliphatic hydroxyl groups is 1. The number of aryl methyl sites for hydroxylation is 1. The van der Waals surface area contributed by atoms with Crippen molar-refractivity contribution in [2.45, 2.75) is 20.0 Å². The van der Waals surface area contributed by atoms with Crippen molar-refractivity contribution in [3.8, 4) is 0 Å². The molecular weight excluding hydrogens is 152 g/mol. The molecule has 0 radical (unpaired) electrons. The molecule has 0 aromatic heterocycles. The maximum Gasteiger partial charge on any atom is 0.190 e. The van der Waals surface area contributed by atoms with Gasteiger partial charge in [0.1, 0.15) is 6.10 Å². The Hall–Kier alpha value is -1.15. The molecule has 1 atom stereocenters. The molecule has 0 bridgehead atoms. The highest BCUT2D eigenvalue weighted by Crippen LogP contribution is 2.06. The van der Waals surface area contributed by atoms with Gasteiger partial charge in [-0.3, -0.25) is 4.79 Å². The molecule has 1 aromatic carbocycles. The third-order valence-corrected chi connectivity index (χ3v) is 1.68. The standard InChI is InChI=1S/C10H12O2/c1-7-4-3-5-9(6-7)10(12)8(2)11/h3-6,8,11H,1-2H3/t8-/m1/s1. The second-order valence-corrected chi connectivity index (χ2v) is 2.91. The molecule has 0 fully saturated rings. The molecule has 0 spiro atoms. The van der Waals surface area contributed by atoms with Gasteiger partial charge in [0.15, 0.2) is 5.78 Å². The Morgan fingerprint density at radius 3 is 2.67 bits per heavy atom. The van der Waals surface area contributed by atoms with Crippen LogP contribution in [0.4, 0.5) is 0 Å². The van der Waals surface area contributed by atoms with E-state index in [9.17, 15) is 4.79 Å². The molecule has 0 heterocycles. The fourth-order valence-electron chi connectivity index (χ4n) is 1.04. The third kappa shape index (κ3) is 1.92. The Labute approximate surface area is 71.8 Å². The van der Waals surface area contributed by atoms with Crippen LogP contribution in [0.1, 0.15) is 22.8 Å². The van der Waals surface area contributed by atoms with Crippen molar-refractivity contribution in [2.75, 3.05) is 0 Å². The summed E-state index contributed by atoms with van der Waals surface area (Å²) in [6.07, 6.45) is -0.910. The first-order valence-electron chi connectivity index (χ1n) is 3.90. The van der Waals surface area contributed by atoms with E-state index in [2.05, 4.69) is 0 Å². The van der Waals surface area contributed by atoms with E-state index >= 15 is 0 Å². The minimum Gasteiger partial charge on any atom is -0.385 e. The SMILES string of the molecule is Cc1cccc(C(=O)[C@@H](C)O)c1. The zero-order valence-electron chi connectivity index (χ0n) is 7.24. The van der Waals surface area contributed by atoms with Gasteiger partial charge in [-0.25, -0.2) is 0 Å². The van der Waals surface area contributed by atoms with E-state index < -0.39 is 6.10 Å². The summed E-state index contributed by atoms with van der Waals surface area (Å²) in [4.78, 5) is 11.2. The van der Waals surface area contributed by atoms with E-state index in [1.807, 2.05) is 19.1 Å². The van der Waals surface area contributed by atoms with Gasteiger partial charge < -0.3 is 5.11 Å². The molecular formula is C10H12O2. The van der Waals surface area contributed by atoms with Crippen LogP contribution in [0.2, 0.25) is 0 Å². The number of carbonyl (C=O) groups excluding carboxylic acids is 1. The summed E-state index contributed by atoms with van der Waals surface area (Å²) in [7, 11) is 0. The third-order valence-electron chi connectivity index (χ3n) is 1.68. The first kappa shape index (κ1) is 8.94. The summed E-state index contributed by atoms with van der Waals surface area (Å²) in [5.41, 5.74) is 1.60. The summed E-state index contributed by atoms with van der Waals surface area (Å²) in [6.45, 7) is 3.39. The van der Waals surface area contributed by atoms with Gasteiger partial charge in [-0.2, -0.15) is 0 Å². The van der Waals surface area contributed by atoms with Gasteiger partial charge in [0, 0.05) is 5.56 Å². The molecule has 0 saturated carbocycles. The molecule has 1 N–H and O–H groups in total. The summed E-state index contributed by atoms with van der Waals surface area (Å²) in [5.74, 6) is -0.223. The smallest absolute Gasteiger partial charge is 0.190 e. The van der Waals surface area contributed by atoms with Crippen molar-refractivity contribution in [3.63, 3.8) is 0 Å². The van der Waals surface area contributed by atoms with Gasteiger partial charge in [0.25, 0.3) is 0 Å². The molecule has 0 saturated heterocycles. The van der Waals surface area contributed by atoms with Crippen LogP contribution in [0.25, 0.3) is 0 Å². The molecule has 0 aliphatic heterocycles. The number of rotatable bonds is 2. The zero-order chi connectivity index (χ0) is 9.14. The largest absolute Gasteiger partial charge is 0.385 e. The molecule has 1 rings (SSSR count). The highest BCUT2D eigenvalue weighted by Gasteiger charge is 2.10. The fourth-order valence-corrected chi connectivity index (χ4v) is 1.04. The average Bonchev–Trinajstić information content (AvgIpc) is 2.03. The highest BCUT2D eigenvalue weighted by molar-refractivity contribution is 5.99. The number of hydrogen-bond acceptors (Lipinski definition) is 2. The van der Waals surface area contributed by atoms with Gasteiger partial charge in [-0.15, -0.1) is 0 Å². The minimum absolute atomic E-state index is 0.223. The lowest BCUT2D eigenvalue weighted by atomic mass is 10.1. The van der Waals surface area contributed by atoms with Crippen molar-refractivity contribution < 1.29 is 9.90 Å². The predicted octanol–water partition coefficient (Wildman–Crippen LogP) is 1.56. The molecule has 0 amide bonds. The van der Waals surface area contributed by atoms with Crippen molar-refractivity contribution in [1.82, 2.24) is 0 Å². The quantitative estimate of drug-likeness (QED) is 0.673. The Kier molecular flexibility index (Phi) is 2.61. The number of ketones is 1. The van der Waals surface area contributed by atoms with E-state index in [1.54, 1.807) is 12.1 Å². The van der Waals surface area contributed by atoms with Gasteiger partial charge in [-0.1, -0.05) is 23.8 Å². The van der Waals surface area contributed by atoms with E-state index in [1.165, 1.54) is 6.92 Å². The van der Waals surface area contributed by atoms with Crippen LogP contribution in [0.15, 0.2) is 24.3 Å². The van der Waals surface area contributed by atoms with Crippen LogP contribution in [0.5, 0.6) is 0 Å². The Morgan fingerprint density at radius 1 is 1.50 bits per heavy atom. The van der Waals surface area contributed by atoms with Crippen LogP contribution in [0, 0.1) is 6.92 Å². The Bertz CT molecular complexity index is 290. The number of benzene rings is 1. The van der Waals surface area contributed by atoms with Crippen LogP contribution >= 0.6 is 0 Å². The van der Waals surface area contributed by atoms with Gasteiger partial charge >= 0.3 is 0 Å². The molecule has 2 nitrogen and oxygen atoms in total. The van der Waals surface area contributed by atoms with E-state index in [0.29, 0.717) is 5.56 Å². The molecule has 2 heteroatoms. The molecule has 64 valence electrons. The number of Topliss-reactive ketones (excluding diaryl/α,β-unsaturated/α-hetero) is 1. The number of hydrogen-bond donors (Lipinski definition) is 1. The Balaban J connectivity index is 2.96. The number of aliphatic hydroxyl groups excluding tert-OH is 1. The summed E-state index contributed by atoms with van der Waals surface area (Å²) < 4.78 is 0. The Morgan fingerprint density at radius 2 is 2.17 bits per heavy atom. The summed E-state index contributed by atoms with van der Waals surface area (Å²) >= 11 is 0. The lowest BCUT2D eigenvalue weighted by molar-refractivity contribution is 0.0779. The van der Waals surface area contributed by atoms with E-state index in [0.717, 1.165) is 5.56 Å². The van der Waals surface area contributed by atoms with Gasteiger partial charge in [-0.05, 0) is 19.9 Å². The normalized spacial score (nSPS) is 12.6. The summed E-state index contributed by atoms with van der Waals surface area (Å²) in [6, 6.07) is 7.21. The molecule has 12 heavy (non-hydrogen) atoms. The second kappa shape index (κ2) is 3.50. The monoisotopic (exact) mass is 164 g/mol. The van der Waals surface area contributed by atoms with Gasteiger partial charge in [0.2, 0.25) is 0 Å². The lowest BCUT2D eigenvalue weighted by Gasteiger charge is -2.03. The summed E-state index contributed by atoms with van der Waals surface area (Å²) in [5, 5.41) is 9.02. The maximum atomic E-state index is 11.2. The fraction of sp³-hybridized carbons (Fsp3) is 0.300. The molecule has 1 aromatic rings. The minimum atomic E-state index is -0.910. The van der Waals surface area contributed by atoms with Crippen LogP contribution in [-0.4, -0.2) is 17.0 Å². The van der Waals surface area contributed by atoms with Crippen LogP contribution < -0.4 is 0 Å². The number of carbonyl (C=O) groups is 1. The van der Waals surface area contributed by atoms with E-state index in [4.69, 9.17) is 5.11 Å². The topological polar surface area (TPSA) is 37.3 Å². The molecule has 0 unspecified atom stereocenters. The van der Waals surface area contributed by atoms with Crippen molar-refractivity contribution in [1.29, 1.82) is 0 Å². The van der Waals surface area contributed by atoms with E-state index in [-0.39, 0.29) is 5.78 Å². The predicted molar refractivity (Wildman–Crippen MR) is 47.2 cm³/mol. The van der Waals surface area contributed by atoms with Crippen molar-refractivity contribution in [2.24, 2.45) is 0 Å². The maximum absolute atomic E-state index is 11.2. The highest BCUT2D eigenvalue weighted by atomic mass is 16.3. The lowest BCUT2D eigenvalue weighted by Crippen LogP contribution is -2.15. The van der Waals surface area contributed by atoms with Gasteiger partial charge in [0.05, 0.1) is 0 Å². The van der Waals surface area contributed by atoms with Crippen molar-refractivity contribution in [3.05, 3.63) is 35.4 Å².